The normalized spacial score (nSPS) is 10.6. The molecule has 0 aliphatic heterocycles. The van der Waals surface area contributed by atoms with E-state index in [1.807, 2.05) is 48.5 Å². The van der Waals surface area contributed by atoms with Crippen molar-refractivity contribution in [1.29, 1.82) is 0 Å². The van der Waals surface area contributed by atoms with Crippen LogP contribution in [0, 0.1) is 0 Å². The van der Waals surface area contributed by atoms with E-state index in [0.29, 0.717) is 22.9 Å². The van der Waals surface area contributed by atoms with Crippen LogP contribution in [0.4, 0.5) is 11.4 Å². The molecule has 0 unspecified atom stereocenters. The lowest BCUT2D eigenvalue weighted by Gasteiger charge is -2.03. The molecule has 4 heteroatoms. The minimum absolute atomic E-state index is 0.686. The van der Waals surface area contributed by atoms with E-state index >= 15 is 0 Å². The average molecular weight is 242 g/mol. The molecule has 0 amide bonds. The van der Waals surface area contributed by atoms with Crippen molar-refractivity contribution >= 4 is 11.4 Å². The van der Waals surface area contributed by atoms with Crippen LogP contribution in [0.3, 0.4) is 0 Å². The molecule has 0 spiro atoms. The van der Waals surface area contributed by atoms with Crippen molar-refractivity contribution in [3.05, 3.63) is 48.5 Å². The number of azo groups is 1. The van der Waals surface area contributed by atoms with Gasteiger partial charge in [0.15, 0.2) is 0 Å². The molecule has 0 aromatic heterocycles. The third-order valence-electron chi connectivity index (χ3n) is 2.44. The number of para-hydroxylation sites is 2. The van der Waals surface area contributed by atoms with Crippen LogP contribution in [0.2, 0.25) is 0 Å². The van der Waals surface area contributed by atoms with E-state index in [0.717, 1.165) is 0 Å². The summed E-state index contributed by atoms with van der Waals surface area (Å²) >= 11 is 0. The molecule has 0 atom stereocenters. The summed E-state index contributed by atoms with van der Waals surface area (Å²) in [6, 6.07) is 14.9. The van der Waals surface area contributed by atoms with Gasteiger partial charge in [-0.1, -0.05) is 24.3 Å². The topological polar surface area (TPSA) is 43.2 Å². The van der Waals surface area contributed by atoms with Crippen LogP contribution >= 0.6 is 0 Å². The summed E-state index contributed by atoms with van der Waals surface area (Å²) in [4.78, 5) is 0. The van der Waals surface area contributed by atoms with Crippen LogP contribution in [0.1, 0.15) is 0 Å². The highest BCUT2D eigenvalue weighted by atomic mass is 16.5. The highest BCUT2D eigenvalue weighted by molar-refractivity contribution is 5.54. The van der Waals surface area contributed by atoms with Crippen LogP contribution in [-0.2, 0) is 0 Å². The minimum atomic E-state index is 0.686. The van der Waals surface area contributed by atoms with Gasteiger partial charge in [-0.25, -0.2) is 0 Å². The molecule has 0 aliphatic rings. The molecule has 2 aromatic carbocycles. The van der Waals surface area contributed by atoms with E-state index in [2.05, 4.69) is 10.2 Å². The van der Waals surface area contributed by atoms with Gasteiger partial charge in [0.25, 0.3) is 0 Å². The van der Waals surface area contributed by atoms with Crippen LogP contribution < -0.4 is 9.47 Å². The Balaban J connectivity index is 2.30. The maximum atomic E-state index is 5.21. The molecule has 0 saturated heterocycles. The molecule has 4 nitrogen and oxygen atoms in total. The zero-order valence-corrected chi connectivity index (χ0v) is 10.3. The first-order valence-electron chi connectivity index (χ1n) is 5.53. The molecular weight excluding hydrogens is 228 g/mol. The van der Waals surface area contributed by atoms with Gasteiger partial charge in [-0.2, -0.15) is 0 Å². The predicted molar refractivity (Wildman–Crippen MR) is 70.2 cm³/mol. The fourth-order valence-corrected chi connectivity index (χ4v) is 1.53. The van der Waals surface area contributed by atoms with E-state index in [1.165, 1.54) is 0 Å². The van der Waals surface area contributed by atoms with Crippen molar-refractivity contribution < 1.29 is 9.47 Å². The smallest absolute Gasteiger partial charge is 0.146 e. The largest absolute Gasteiger partial charge is 0.494 e. The van der Waals surface area contributed by atoms with Gasteiger partial charge >= 0.3 is 0 Å². The number of benzene rings is 2. The van der Waals surface area contributed by atoms with Crippen molar-refractivity contribution in [2.24, 2.45) is 10.2 Å². The van der Waals surface area contributed by atoms with Crippen molar-refractivity contribution in [3.63, 3.8) is 0 Å². The molecule has 18 heavy (non-hydrogen) atoms. The first-order valence-corrected chi connectivity index (χ1v) is 5.53. The molecule has 92 valence electrons. The molecule has 0 radical (unpaired) electrons. The minimum Gasteiger partial charge on any atom is -0.494 e. The van der Waals surface area contributed by atoms with Gasteiger partial charge in [0.2, 0.25) is 0 Å². The quantitative estimate of drug-likeness (QED) is 0.757. The Labute approximate surface area is 106 Å². The van der Waals surface area contributed by atoms with E-state index in [9.17, 15) is 0 Å². The van der Waals surface area contributed by atoms with Gasteiger partial charge in [-0.3, -0.25) is 0 Å². The molecule has 2 rings (SSSR count). The van der Waals surface area contributed by atoms with Crippen LogP contribution in [-0.4, -0.2) is 14.2 Å². The van der Waals surface area contributed by atoms with Gasteiger partial charge in [0, 0.05) is 0 Å². The van der Waals surface area contributed by atoms with Crippen LogP contribution in [0.25, 0.3) is 0 Å². The van der Waals surface area contributed by atoms with Crippen molar-refractivity contribution in [3.8, 4) is 11.5 Å². The molecule has 0 fully saturated rings. The molecule has 0 heterocycles. The summed E-state index contributed by atoms with van der Waals surface area (Å²) in [5.74, 6) is 1.38. The predicted octanol–water partition coefficient (Wildman–Crippen LogP) is 4.12. The Morgan fingerprint density at radius 2 is 1.06 bits per heavy atom. The summed E-state index contributed by atoms with van der Waals surface area (Å²) in [6.07, 6.45) is 0. The monoisotopic (exact) mass is 242 g/mol. The third-order valence-corrected chi connectivity index (χ3v) is 2.44. The van der Waals surface area contributed by atoms with Crippen LogP contribution in [0.15, 0.2) is 58.8 Å². The maximum absolute atomic E-state index is 5.21. The maximum Gasteiger partial charge on any atom is 0.146 e. The van der Waals surface area contributed by atoms with Gasteiger partial charge in [0.05, 0.1) is 14.2 Å². The summed E-state index contributed by atoms with van der Waals surface area (Å²) in [5, 5.41) is 8.35. The van der Waals surface area contributed by atoms with Crippen molar-refractivity contribution in [1.82, 2.24) is 0 Å². The van der Waals surface area contributed by atoms with Crippen molar-refractivity contribution in [2.45, 2.75) is 0 Å². The lowest BCUT2D eigenvalue weighted by molar-refractivity contribution is 0.414. The lowest BCUT2D eigenvalue weighted by Crippen LogP contribution is -1.83. The first kappa shape index (κ1) is 12.1. The van der Waals surface area contributed by atoms with Gasteiger partial charge in [-0.05, 0) is 24.3 Å². The second-order valence-corrected chi connectivity index (χ2v) is 3.54. The zero-order chi connectivity index (χ0) is 12.8. The van der Waals surface area contributed by atoms with Gasteiger partial charge in [0.1, 0.15) is 22.9 Å². The Bertz CT molecular complexity index is 503. The number of nitrogens with zero attached hydrogens (tertiary/aromatic N) is 2. The van der Waals surface area contributed by atoms with E-state index < -0.39 is 0 Å². The first-order chi connectivity index (χ1) is 8.85. The molecule has 0 bridgehead atoms. The van der Waals surface area contributed by atoms with E-state index in [1.54, 1.807) is 14.2 Å². The second kappa shape index (κ2) is 5.82. The third kappa shape index (κ3) is 2.66. The SMILES string of the molecule is COc1ccccc1/N=N/c1ccccc1OC. The standard InChI is InChI=1S/C14H14N2O2/c1-17-13-9-5-3-7-11(13)15-16-12-8-4-6-10-14(12)18-2/h3-10H,1-2H3/b16-15+. The molecule has 0 aliphatic carbocycles. The fraction of sp³-hybridized carbons (Fsp3) is 0.143. The van der Waals surface area contributed by atoms with E-state index in [-0.39, 0.29) is 0 Å². The Hall–Kier alpha value is -2.36. The molecule has 0 saturated carbocycles. The number of rotatable bonds is 4. The lowest BCUT2D eigenvalue weighted by atomic mass is 10.3. The van der Waals surface area contributed by atoms with E-state index in [4.69, 9.17) is 9.47 Å². The summed E-state index contributed by atoms with van der Waals surface area (Å²) in [7, 11) is 3.22. The van der Waals surface area contributed by atoms with Gasteiger partial charge in [-0.15, -0.1) is 10.2 Å². The van der Waals surface area contributed by atoms with Crippen LogP contribution in [0.5, 0.6) is 11.5 Å². The highest BCUT2D eigenvalue weighted by Gasteiger charge is 2.02. The van der Waals surface area contributed by atoms with Gasteiger partial charge < -0.3 is 9.47 Å². The average Bonchev–Trinajstić information content (AvgIpc) is 2.45. The highest BCUT2D eigenvalue weighted by Crippen LogP contribution is 2.31. The second-order valence-electron chi connectivity index (χ2n) is 3.54. The Morgan fingerprint density at radius 1 is 0.667 bits per heavy atom. The molecule has 0 N–H and O–H groups in total. The fourth-order valence-electron chi connectivity index (χ4n) is 1.53. The summed E-state index contributed by atoms with van der Waals surface area (Å²) in [5.41, 5.74) is 1.37. The molecular formula is C14H14N2O2. The number of methoxy groups -OCH3 is 2. The summed E-state index contributed by atoms with van der Waals surface area (Å²) < 4.78 is 10.4. The Morgan fingerprint density at radius 3 is 1.44 bits per heavy atom. The number of hydrogen-bond donors (Lipinski definition) is 0. The number of ether oxygens (including phenoxy) is 2. The summed E-state index contributed by atoms with van der Waals surface area (Å²) in [6.45, 7) is 0. The van der Waals surface area contributed by atoms with Crippen molar-refractivity contribution in [2.75, 3.05) is 14.2 Å². The number of hydrogen-bond acceptors (Lipinski definition) is 4. The molecule has 2 aromatic rings. The zero-order valence-electron chi connectivity index (χ0n) is 10.3. The Kier molecular flexibility index (Phi) is 3.91.